The minimum Gasteiger partial charge on any atom is -0.393 e. The van der Waals surface area contributed by atoms with Gasteiger partial charge in [-0.1, -0.05) is 130 Å². The van der Waals surface area contributed by atoms with Crippen molar-refractivity contribution in [1.29, 1.82) is 0 Å². The van der Waals surface area contributed by atoms with Gasteiger partial charge in [0.1, 0.15) is 0 Å². The number of hydrogen-bond acceptors (Lipinski definition) is 2. The Balaban J connectivity index is 1.92. The fourth-order valence-corrected chi connectivity index (χ4v) is 6.23. The third-order valence-corrected chi connectivity index (χ3v) is 8.30. The van der Waals surface area contributed by atoms with Crippen LogP contribution < -0.4 is 0 Å². The van der Waals surface area contributed by atoms with Gasteiger partial charge < -0.3 is 10.2 Å². The predicted octanol–water partition coefficient (Wildman–Crippen LogP) is 10.4. The summed E-state index contributed by atoms with van der Waals surface area (Å²) in [4.78, 5) is 0. The van der Waals surface area contributed by atoms with Gasteiger partial charge in [0.25, 0.3) is 0 Å². The zero-order valence-electron chi connectivity index (χ0n) is 28.0. The van der Waals surface area contributed by atoms with Crippen LogP contribution in [0, 0.1) is 16.7 Å². The fourth-order valence-electron chi connectivity index (χ4n) is 6.23. The molecule has 228 valence electrons. The van der Waals surface area contributed by atoms with Crippen LogP contribution in [0.5, 0.6) is 0 Å². The van der Waals surface area contributed by atoms with Crippen LogP contribution in [-0.2, 0) is 0 Å². The molecule has 2 aliphatic rings. The van der Waals surface area contributed by atoms with Gasteiger partial charge in [0.05, 0.1) is 12.2 Å². The zero-order chi connectivity index (χ0) is 31.5. The maximum atomic E-state index is 10.1. The molecule has 3 unspecified atom stereocenters. The topological polar surface area (TPSA) is 40.5 Å². The van der Waals surface area contributed by atoms with Crippen molar-refractivity contribution in [2.24, 2.45) is 16.7 Å². The molecule has 0 bridgehead atoms. The fraction of sp³-hybridized carbons (Fsp3) is 0.475. The van der Waals surface area contributed by atoms with Crippen molar-refractivity contribution >= 4 is 0 Å². The molecule has 1 fully saturated rings. The highest BCUT2D eigenvalue weighted by Crippen LogP contribution is 2.43. The van der Waals surface area contributed by atoms with E-state index in [9.17, 15) is 10.2 Å². The molecule has 42 heavy (non-hydrogen) atoms. The summed E-state index contributed by atoms with van der Waals surface area (Å²) >= 11 is 0. The Bertz CT molecular complexity index is 1290. The molecule has 0 spiro atoms. The van der Waals surface area contributed by atoms with E-state index in [-0.39, 0.29) is 23.0 Å². The van der Waals surface area contributed by atoms with E-state index >= 15 is 0 Å². The molecule has 2 rings (SSSR count). The normalized spacial score (nSPS) is 26.3. The highest BCUT2D eigenvalue weighted by Gasteiger charge is 2.35. The van der Waals surface area contributed by atoms with Crippen molar-refractivity contribution in [1.82, 2.24) is 0 Å². The van der Waals surface area contributed by atoms with Crippen LogP contribution in [0.3, 0.4) is 0 Å². The number of rotatable bonds is 9. The summed E-state index contributed by atoms with van der Waals surface area (Å²) in [7, 11) is 0. The van der Waals surface area contributed by atoms with Crippen LogP contribution in [0.1, 0.15) is 94.9 Å². The van der Waals surface area contributed by atoms with E-state index in [1.807, 2.05) is 0 Å². The molecule has 2 nitrogen and oxygen atoms in total. The predicted molar refractivity (Wildman–Crippen MR) is 183 cm³/mol. The summed E-state index contributed by atoms with van der Waals surface area (Å²) < 4.78 is 0. The summed E-state index contributed by atoms with van der Waals surface area (Å²) in [5.74, 6) is 0.356. The minimum atomic E-state index is -0.227. The van der Waals surface area contributed by atoms with Crippen LogP contribution in [0.25, 0.3) is 0 Å². The molecule has 0 aromatic carbocycles. The van der Waals surface area contributed by atoms with E-state index in [0.717, 1.165) is 31.3 Å². The Hall–Kier alpha value is -2.90. The molecule has 2 aliphatic carbocycles. The summed E-state index contributed by atoms with van der Waals surface area (Å²) in [6.07, 6.45) is 30.3. The van der Waals surface area contributed by atoms with Gasteiger partial charge in [0.2, 0.25) is 0 Å². The lowest BCUT2D eigenvalue weighted by molar-refractivity contribution is 0.0771. The Morgan fingerprint density at radius 2 is 1.21 bits per heavy atom. The van der Waals surface area contributed by atoms with E-state index in [4.69, 9.17) is 0 Å². The summed E-state index contributed by atoms with van der Waals surface area (Å²) in [6.45, 7) is 21.6. The molecule has 2 heteroatoms. The first-order valence-electron chi connectivity index (χ1n) is 15.5. The second-order valence-corrected chi connectivity index (χ2v) is 13.8. The lowest BCUT2D eigenvalue weighted by Gasteiger charge is -2.38. The third-order valence-electron chi connectivity index (χ3n) is 8.30. The molecule has 0 heterocycles. The summed E-state index contributed by atoms with van der Waals surface area (Å²) in [6, 6.07) is 0. The molecule has 0 aromatic rings. The Morgan fingerprint density at radius 3 is 1.76 bits per heavy atom. The molecule has 1 saturated carbocycles. The average molecular weight is 569 g/mol. The first kappa shape index (κ1) is 35.3. The quantitative estimate of drug-likeness (QED) is 0.214. The second-order valence-electron chi connectivity index (χ2n) is 13.8. The molecular weight excluding hydrogens is 512 g/mol. The van der Waals surface area contributed by atoms with Crippen molar-refractivity contribution < 1.29 is 10.2 Å². The van der Waals surface area contributed by atoms with Crippen molar-refractivity contribution in [2.45, 2.75) is 107 Å². The van der Waals surface area contributed by atoms with Crippen LogP contribution in [0.2, 0.25) is 0 Å². The highest BCUT2D eigenvalue weighted by molar-refractivity contribution is 5.38. The lowest BCUT2D eigenvalue weighted by Crippen LogP contribution is -2.33. The van der Waals surface area contributed by atoms with E-state index in [1.54, 1.807) is 0 Å². The molecule has 0 aromatic heterocycles. The summed E-state index contributed by atoms with van der Waals surface area (Å²) in [5, 5.41) is 20.2. The van der Waals surface area contributed by atoms with E-state index in [0.29, 0.717) is 5.92 Å². The van der Waals surface area contributed by atoms with E-state index in [2.05, 4.69) is 154 Å². The van der Waals surface area contributed by atoms with Gasteiger partial charge in [-0.15, -0.1) is 5.73 Å². The third kappa shape index (κ3) is 11.8. The summed E-state index contributed by atoms with van der Waals surface area (Å²) in [5.41, 5.74) is 12.2. The Kier molecular flexibility index (Phi) is 13.5. The van der Waals surface area contributed by atoms with Gasteiger partial charge in [-0.3, -0.25) is 0 Å². The monoisotopic (exact) mass is 568 g/mol. The molecular formula is C40H56O2. The molecule has 0 saturated heterocycles. The van der Waals surface area contributed by atoms with Crippen LogP contribution in [0.15, 0.2) is 124 Å². The number of allylic oxidation sites excluding steroid dienone is 18. The number of aliphatic hydroxyl groups is 2. The second kappa shape index (κ2) is 16.1. The van der Waals surface area contributed by atoms with Crippen LogP contribution in [0.4, 0.5) is 0 Å². The lowest BCUT2D eigenvalue weighted by atomic mass is 9.68. The Morgan fingerprint density at radius 1 is 0.714 bits per heavy atom. The van der Waals surface area contributed by atoms with Crippen molar-refractivity contribution in [3.63, 3.8) is 0 Å². The Labute approximate surface area is 257 Å². The first-order valence-corrected chi connectivity index (χ1v) is 15.5. The SMILES string of the molecule is CC1=C(/C=C/C(C)=C/C=C/C(C)=C/C=C/C=C(C)/C=C/C=C(\C)C=C=C2C(C)CC(O)CC2(C)C)C(C)(C)CC(O)C1. The molecule has 3 atom stereocenters. The highest BCUT2D eigenvalue weighted by atomic mass is 16.3. The average Bonchev–Trinajstić information content (AvgIpc) is 2.84. The van der Waals surface area contributed by atoms with Gasteiger partial charge in [-0.2, -0.15) is 0 Å². The van der Waals surface area contributed by atoms with Crippen molar-refractivity contribution in [3.8, 4) is 0 Å². The van der Waals surface area contributed by atoms with Crippen molar-refractivity contribution in [2.75, 3.05) is 0 Å². The van der Waals surface area contributed by atoms with Crippen LogP contribution in [-0.4, -0.2) is 22.4 Å². The molecule has 2 N–H and O–H groups in total. The smallest absolute Gasteiger partial charge is 0.0585 e. The molecule has 0 amide bonds. The van der Waals surface area contributed by atoms with Gasteiger partial charge in [0, 0.05) is 0 Å². The molecule has 0 aliphatic heterocycles. The zero-order valence-corrected chi connectivity index (χ0v) is 28.0. The van der Waals surface area contributed by atoms with E-state index in [1.165, 1.54) is 33.4 Å². The largest absolute Gasteiger partial charge is 0.393 e. The first-order chi connectivity index (χ1) is 19.6. The number of aliphatic hydroxyl groups excluding tert-OH is 2. The van der Waals surface area contributed by atoms with Crippen molar-refractivity contribution in [3.05, 3.63) is 124 Å². The van der Waals surface area contributed by atoms with Crippen LogP contribution >= 0.6 is 0 Å². The van der Waals surface area contributed by atoms with Gasteiger partial charge in [-0.25, -0.2) is 0 Å². The van der Waals surface area contributed by atoms with Gasteiger partial charge >= 0.3 is 0 Å². The number of hydrogen-bond donors (Lipinski definition) is 2. The minimum absolute atomic E-state index is 0.00490. The molecule has 0 radical (unpaired) electrons. The maximum Gasteiger partial charge on any atom is 0.0585 e. The van der Waals surface area contributed by atoms with E-state index < -0.39 is 0 Å². The standard InChI is InChI=1S/C40H56O2/c1-29(17-13-19-31(3)21-23-37-33(5)25-35(41)27-39(37,7)8)15-11-12-16-30(2)18-14-20-32(4)22-24-38-34(6)26-36(42)28-40(38,9)10/h11-23,34-36,41-42H,25-28H2,1-10H3/b12-11+,17-13+,18-14+,23-21+,29-15+,30-16+,31-19+,32-20+. The van der Waals surface area contributed by atoms with Gasteiger partial charge in [0.15, 0.2) is 0 Å². The maximum absolute atomic E-state index is 10.1. The van der Waals surface area contributed by atoms with Gasteiger partial charge in [-0.05, 0) is 99.8 Å².